The van der Waals surface area contributed by atoms with Gasteiger partial charge in [0.15, 0.2) is 0 Å². The third-order valence-corrected chi connectivity index (χ3v) is 4.45. The standard InChI is InChI=1S/C10H13N3OS2/c1-5-7(3)15-9(11-5)4-8(14)10-6(2)12-13-16-10/h8,14H,4H2,1-3H3. The van der Waals surface area contributed by atoms with Crippen molar-refractivity contribution in [3.63, 3.8) is 0 Å². The number of aryl methyl sites for hydroxylation is 3. The normalized spacial score (nSPS) is 13.0. The van der Waals surface area contributed by atoms with Crippen LogP contribution in [0.25, 0.3) is 0 Å². The average molecular weight is 255 g/mol. The van der Waals surface area contributed by atoms with Crippen molar-refractivity contribution >= 4 is 22.9 Å². The van der Waals surface area contributed by atoms with Gasteiger partial charge in [-0.15, -0.1) is 16.4 Å². The highest BCUT2D eigenvalue weighted by Crippen LogP contribution is 2.26. The van der Waals surface area contributed by atoms with Crippen molar-refractivity contribution in [3.05, 3.63) is 26.1 Å². The summed E-state index contributed by atoms with van der Waals surface area (Å²) in [6, 6.07) is 0. The monoisotopic (exact) mass is 255 g/mol. The van der Waals surface area contributed by atoms with Gasteiger partial charge in [-0.3, -0.25) is 0 Å². The van der Waals surface area contributed by atoms with E-state index in [1.54, 1.807) is 11.3 Å². The van der Waals surface area contributed by atoms with Crippen molar-refractivity contribution in [2.24, 2.45) is 0 Å². The molecule has 16 heavy (non-hydrogen) atoms. The number of aromatic nitrogens is 3. The first kappa shape index (κ1) is 11.6. The summed E-state index contributed by atoms with van der Waals surface area (Å²) in [5.74, 6) is 0. The zero-order valence-corrected chi connectivity index (χ0v) is 11.0. The van der Waals surface area contributed by atoms with Gasteiger partial charge in [-0.1, -0.05) is 4.49 Å². The molecule has 0 saturated heterocycles. The minimum atomic E-state index is -0.537. The molecule has 2 aromatic heterocycles. The predicted molar refractivity (Wildman–Crippen MR) is 64.9 cm³/mol. The molecule has 1 atom stereocenters. The van der Waals surface area contributed by atoms with Crippen LogP contribution in [-0.2, 0) is 6.42 Å². The zero-order valence-electron chi connectivity index (χ0n) is 9.39. The van der Waals surface area contributed by atoms with E-state index in [1.807, 2.05) is 20.8 Å². The van der Waals surface area contributed by atoms with Crippen LogP contribution in [0.2, 0.25) is 0 Å². The molecule has 0 aliphatic heterocycles. The molecule has 0 radical (unpaired) electrons. The van der Waals surface area contributed by atoms with Gasteiger partial charge in [0.05, 0.1) is 27.4 Å². The molecule has 2 heterocycles. The SMILES string of the molecule is Cc1nc(CC(O)c2snnc2C)sc1C. The summed E-state index contributed by atoms with van der Waals surface area (Å²) in [6.07, 6.45) is 0.00861. The molecule has 0 aliphatic carbocycles. The number of hydrogen-bond donors (Lipinski definition) is 1. The van der Waals surface area contributed by atoms with Crippen molar-refractivity contribution < 1.29 is 5.11 Å². The Morgan fingerprint density at radius 1 is 1.25 bits per heavy atom. The minimum Gasteiger partial charge on any atom is -0.387 e. The number of aliphatic hydroxyl groups excluding tert-OH is 1. The summed E-state index contributed by atoms with van der Waals surface area (Å²) in [5.41, 5.74) is 1.86. The molecule has 0 amide bonds. The van der Waals surface area contributed by atoms with Crippen LogP contribution < -0.4 is 0 Å². The van der Waals surface area contributed by atoms with Crippen LogP contribution >= 0.6 is 22.9 Å². The van der Waals surface area contributed by atoms with Crippen LogP contribution in [0.4, 0.5) is 0 Å². The molecular formula is C10H13N3OS2. The van der Waals surface area contributed by atoms with Crippen LogP contribution in [0.15, 0.2) is 0 Å². The largest absolute Gasteiger partial charge is 0.387 e. The van der Waals surface area contributed by atoms with Gasteiger partial charge in [-0.2, -0.15) is 0 Å². The number of thiazole rings is 1. The average Bonchev–Trinajstić information content (AvgIpc) is 2.74. The second-order valence-corrected chi connectivity index (χ2v) is 5.77. The van der Waals surface area contributed by atoms with Gasteiger partial charge in [-0.05, 0) is 32.3 Å². The molecule has 1 N–H and O–H groups in total. The molecule has 2 rings (SSSR count). The first-order chi connectivity index (χ1) is 7.58. The van der Waals surface area contributed by atoms with E-state index in [4.69, 9.17) is 0 Å². The maximum atomic E-state index is 10.0. The Bertz CT molecular complexity index is 472. The molecule has 1 unspecified atom stereocenters. The summed E-state index contributed by atoms with van der Waals surface area (Å²) in [7, 11) is 0. The third kappa shape index (κ3) is 2.28. The fourth-order valence-corrected chi connectivity index (χ4v) is 3.03. The van der Waals surface area contributed by atoms with E-state index >= 15 is 0 Å². The van der Waals surface area contributed by atoms with Crippen molar-refractivity contribution in [1.82, 2.24) is 14.6 Å². The van der Waals surface area contributed by atoms with Crippen molar-refractivity contribution in [1.29, 1.82) is 0 Å². The fourth-order valence-electron chi connectivity index (χ4n) is 1.43. The number of nitrogens with zero attached hydrogens (tertiary/aromatic N) is 3. The Morgan fingerprint density at radius 3 is 2.50 bits per heavy atom. The quantitative estimate of drug-likeness (QED) is 0.913. The van der Waals surface area contributed by atoms with Crippen LogP contribution in [0.1, 0.15) is 32.3 Å². The van der Waals surface area contributed by atoms with E-state index in [9.17, 15) is 5.11 Å². The third-order valence-electron chi connectivity index (χ3n) is 2.43. The minimum absolute atomic E-state index is 0.537. The van der Waals surface area contributed by atoms with E-state index in [0.29, 0.717) is 6.42 Å². The first-order valence-corrected chi connectivity index (χ1v) is 6.56. The Kier molecular flexibility index (Phi) is 3.32. The highest BCUT2D eigenvalue weighted by molar-refractivity contribution is 7.11. The van der Waals surface area contributed by atoms with Gasteiger partial charge >= 0.3 is 0 Å². The van der Waals surface area contributed by atoms with Crippen LogP contribution in [-0.4, -0.2) is 19.7 Å². The number of rotatable bonds is 3. The maximum absolute atomic E-state index is 10.0. The van der Waals surface area contributed by atoms with Crippen molar-refractivity contribution in [2.45, 2.75) is 33.3 Å². The summed E-state index contributed by atoms with van der Waals surface area (Å²) in [6.45, 7) is 5.89. The van der Waals surface area contributed by atoms with E-state index in [1.165, 1.54) is 16.4 Å². The Morgan fingerprint density at radius 2 is 2.00 bits per heavy atom. The molecule has 86 valence electrons. The lowest BCUT2D eigenvalue weighted by Crippen LogP contribution is -2.01. The number of hydrogen-bond acceptors (Lipinski definition) is 6. The molecule has 6 heteroatoms. The van der Waals surface area contributed by atoms with Gasteiger partial charge in [0.2, 0.25) is 0 Å². The molecule has 0 saturated carbocycles. The summed E-state index contributed by atoms with van der Waals surface area (Å²) < 4.78 is 3.82. The van der Waals surface area contributed by atoms with Crippen LogP contribution in [0.5, 0.6) is 0 Å². The Labute approximate surface area is 102 Å². The van der Waals surface area contributed by atoms with Gasteiger partial charge < -0.3 is 5.11 Å². The van der Waals surface area contributed by atoms with Crippen LogP contribution in [0, 0.1) is 20.8 Å². The van der Waals surface area contributed by atoms with Gasteiger partial charge in [0.25, 0.3) is 0 Å². The molecule has 0 aromatic carbocycles. The van der Waals surface area contributed by atoms with Crippen LogP contribution in [0.3, 0.4) is 0 Å². The van der Waals surface area contributed by atoms with Gasteiger partial charge in [0.1, 0.15) is 0 Å². The molecule has 4 nitrogen and oxygen atoms in total. The molecule has 0 aliphatic rings. The van der Waals surface area contributed by atoms with E-state index in [-0.39, 0.29) is 0 Å². The molecular weight excluding hydrogens is 242 g/mol. The maximum Gasteiger partial charge on any atom is 0.0980 e. The lowest BCUT2D eigenvalue weighted by molar-refractivity contribution is 0.181. The lowest BCUT2D eigenvalue weighted by atomic mass is 10.2. The van der Waals surface area contributed by atoms with Crippen molar-refractivity contribution in [3.8, 4) is 0 Å². The molecule has 2 aromatic rings. The molecule has 0 fully saturated rings. The highest BCUT2D eigenvalue weighted by atomic mass is 32.1. The summed E-state index contributed by atoms with van der Waals surface area (Å²) in [5, 5.41) is 14.9. The van der Waals surface area contributed by atoms with Gasteiger partial charge in [-0.25, -0.2) is 4.98 Å². The van der Waals surface area contributed by atoms with E-state index in [2.05, 4.69) is 14.6 Å². The summed E-state index contributed by atoms with van der Waals surface area (Å²) in [4.78, 5) is 6.46. The Hall–Kier alpha value is -0.850. The number of aliphatic hydroxyl groups is 1. The van der Waals surface area contributed by atoms with E-state index < -0.39 is 6.10 Å². The van der Waals surface area contributed by atoms with Gasteiger partial charge in [0, 0.05) is 11.3 Å². The van der Waals surface area contributed by atoms with Crippen molar-refractivity contribution in [2.75, 3.05) is 0 Å². The fraction of sp³-hybridized carbons (Fsp3) is 0.500. The van der Waals surface area contributed by atoms with E-state index in [0.717, 1.165) is 21.3 Å². The second-order valence-electron chi connectivity index (χ2n) is 3.69. The zero-order chi connectivity index (χ0) is 11.7. The summed E-state index contributed by atoms with van der Waals surface area (Å²) >= 11 is 2.89. The topological polar surface area (TPSA) is 58.9 Å². The predicted octanol–water partition coefficient (Wildman–Crippen LogP) is 2.20. The molecule has 0 bridgehead atoms. The highest BCUT2D eigenvalue weighted by Gasteiger charge is 2.17. The second kappa shape index (κ2) is 4.57. The lowest BCUT2D eigenvalue weighted by Gasteiger charge is -2.05. The first-order valence-electron chi connectivity index (χ1n) is 4.97. The Balaban J connectivity index is 2.13. The smallest absolute Gasteiger partial charge is 0.0980 e. The molecule has 0 spiro atoms.